The third kappa shape index (κ3) is 10.1. The van der Waals surface area contributed by atoms with Gasteiger partial charge >= 0.3 is 29.6 Å². The molecule has 0 aromatic heterocycles. The quantitative estimate of drug-likeness (QED) is 0.345. The topological polar surface area (TPSA) is 83.8 Å². The van der Waals surface area contributed by atoms with Gasteiger partial charge in [0.2, 0.25) is 0 Å². The number of alkyl halides is 2. The van der Waals surface area contributed by atoms with Gasteiger partial charge in [-0.15, -0.1) is 23.2 Å². The summed E-state index contributed by atoms with van der Waals surface area (Å²) < 4.78 is 0. The molecular weight excluding hydrogens is 268 g/mol. The maximum Gasteiger partial charge on any atom is 1.00 e. The molecule has 0 aliphatic rings. The van der Waals surface area contributed by atoms with E-state index in [1.165, 1.54) is 4.90 Å². The number of rotatable bonds is 8. The molecule has 0 aromatic carbocycles. The van der Waals surface area contributed by atoms with E-state index in [0.717, 1.165) is 0 Å². The van der Waals surface area contributed by atoms with Gasteiger partial charge in [0.15, 0.2) is 0 Å². The van der Waals surface area contributed by atoms with Crippen molar-refractivity contribution in [2.45, 2.75) is 12.2 Å². The molecule has 0 bridgehead atoms. The zero-order chi connectivity index (χ0) is 11.8. The first kappa shape index (κ1) is 19.3. The van der Waals surface area contributed by atoms with Crippen LogP contribution in [0.25, 0.3) is 0 Å². The van der Waals surface area contributed by atoms with Crippen molar-refractivity contribution in [1.29, 1.82) is 0 Å². The van der Waals surface area contributed by atoms with E-state index < -0.39 is 18.2 Å². The minimum absolute atomic E-state index is 0. The van der Waals surface area contributed by atoms with Gasteiger partial charge in [0, 0.05) is 31.4 Å². The van der Waals surface area contributed by atoms with Crippen LogP contribution in [-0.2, 0) is 4.79 Å². The van der Waals surface area contributed by atoms with Crippen LogP contribution in [0.3, 0.4) is 0 Å². The number of aliphatic carboxylic acids is 1. The summed E-state index contributed by atoms with van der Waals surface area (Å²) in [6.07, 6.45) is -1.68. The predicted octanol–water partition coefficient (Wildman–Crippen LogP) is -4.76. The number of halogens is 2. The van der Waals surface area contributed by atoms with E-state index in [0.29, 0.717) is 0 Å². The fraction of sp³-hybridized carbons (Fsp3) is 0.875. The number of hydrogen-bond donors (Lipinski definition) is 2. The van der Waals surface area contributed by atoms with Crippen LogP contribution in [0.5, 0.6) is 0 Å². The van der Waals surface area contributed by atoms with Crippen LogP contribution in [0.2, 0.25) is 0 Å². The van der Waals surface area contributed by atoms with E-state index >= 15 is 0 Å². The zero-order valence-electron chi connectivity index (χ0n) is 9.10. The van der Waals surface area contributed by atoms with Crippen LogP contribution in [0.4, 0.5) is 0 Å². The minimum atomic E-state index is -1.28. The molecule has 0 heterocycles. The van der Waals surface area contributed by atoms with E-state index in [9.17, 15) is 20.1 Å². The largest absolute Gasteiger partial charge is 1.00 e. The fourth-order valence-electron chi connectivity index (χ4n) is 1.08. The predicted molar refractivity (Wildman–Crippen MR) is 54.9 cm³/mol. The number of aliphatic hydroxyl groups is 2. The zero-order valence-corrected chi connectivity index (χ0v) is 12.6. The van der Waals surface area contributed by atoms with E-state index in [1.54, 1.807) is 0 Å². The van der Waals surface area contributed by atoms with E-state index in [-0.39, 0.29) is 61.0 Å². The van der Waals surface area contributed by atoms with Gasteiger partial charge in [0.1, 0.15) is 0 Å². The molecular formula is C8H14Cl2NNaO4. The summed E-state index contributed by atoms with van der Waals surface area (Å²) in [5.41, 5.74) is 0. The summed E-state index contributed by atoms with van der Waals surface area (Å²) in [5, 5.41) is 28.8. The smallest absolute Gasteiger partial charge is 0.549 e. The molecule has 5 nitrogen and oxygen atoms in total. The first-order valence-corrected chi connectivity index (χ1v) is 5.46. The molecule has 0 radical (unpaired) electrons. The molecule has 0 fully saturated rings. The van der Waals surface area contributed by atoms with Crippen molar-refractivity contribution in [2.24, 2.45) is 0 Å². The SMILES string of the molecule is O=C([O-])CN(CC(O)CCl)CC(O)CCl.[Na+]. The molecule has 90 valence electrons. The van der Waals surface area contributed by atoms with Crippen molar-refractivity contribution in [3.63, 3.8) is 0 Å². The Labute approximate surface area is 127 Å². The molecule has 0 saturated carbocycles. The van der Waals surface area contributed by atoms with Crippen molar-refractivity contribution in [2.75, 3.05) is 31.4 Å². The Hall–Kier alpha value is 0.930. The van der Waals surface area contributed by atoms with Crippen molar-refractivity contribution >= 4 is 29.2 Å². The first-order chi connectivity index (χ1) is 6.99. The molecule has 2 atom stereocenters. The Morgan fingerprint density at radius 1 is 1.19 bits per heavy atom. The number of carbonyl (C=O) groups is 1. The summed E-state index contributed by atoms with van der Waals surface area (Å²) >= 11 is 10.7. The van der Waals surface area contributed by atoms with E-state index in [2.05, 4.69) is 0 Å². The average molecular weight is 282 g/mol. The van der Waals surface area contributed by atoms with E-state index in [1.807, 2.05) is 0 Å². The third-order valence-corrected chi connectivity index (χ3v) is 2.36. The van der Waals surface area contributed by atoms with Crippen molar-refractivity contribution < 1.29 is 49.7 Å². The number of aliphatic hydroxyl groups excluding tert-OH is 2. The summed E-state index contributed by atoms with van der Waals surface area (Å²) in [5.74, 6) is -1.28. The summed E-state index contributed by atoms with van der Waals surface area (Å²) in [6.45, 7) is -0.251. The standard InChI is InChI=1S/C8H15Cl2NO4.Na/c9-1-6(12)3-11(5-8(14)15)4-7(13)2-10;/h6-7,12-13H,1-5H2,(H,14,15);/q;+1/p-1. The number of carbonyl (C=O) groups excluding carboxylic acids is 1. The molecule has 2 unspecified atom stereocenters. The van der Waals surface area contributed by atoms with Gasteiger partial charge in [0.25, 0.3) is 0 Å². The second kappa shape index (κ2) is 11.0. The molecule has 0 aliphatic heterocycles. The summed E-state index contributed by atoms with van der Waals surface area (Å²) in [6, 6.07) is 0. The molecule has 0 amide bonds. The Balaban J connectivity index is 0. The molecule has 2 N–H and O–H groups in total. The number of carboxylic acid groups (broad SMARTS) is 1. The second-order valence-electron chi connectivity index (χ2n) is 3.18. The van der Waals surface area contributed by atoms with Gasteiger partial charge in [-0.3, -0.25) is 4.90 Å². The summed E-state index contributed by atoms with van der Waals surface area (Å²) in [4.78, 5) is 11.7. The molecule has 0 saturated heterocycles. The van der Waals surface area contributed by atoms with Crippen molar-refractivity contribution in [3.05, 3.63) is 0 Å². The third-order valence-electron chi connectivity index (χ3n) is 1.65. The van der Waals surface area contributed by atoms with Crippen LogP contribution in [0, 0.1) is 0 Å². The Morgan fingerprint density at radius 2 is 1.56 bits per heavy atom. The van der Waals surface area contributed by atoms with Gasteiger partial charge in [-0.05, 0) is 0 Å². The average Bonchev–Trinajstić information content (AvgIpc) is 2.16. The van der Waals surface area contributed by atoms with E-state index in [4.69, 9.17) is 23.2 Å². The number of nitrogens with zero attached hydrogens (tertiary/aromatic N) is 1. The fourth-order valence-corrected chi connectivity index (χ4v) is 1.28. The summed E-state index contributed by atoms with van der Waals surface area (Å²) in [7, 11) is 0. The van der Waals surface area contributed by atoms with Gasteiger partial charge in [-0.2, -0.15) is 0 Å². The molecule has 0 spiro atoms. The minimum Gasteiger partial charge on any atom is -0.549 e. The number of hydrogen-bond acceptors (Lipinski definition) is 5. The maximum absolute atomic E-state index is 10.4. The molecule has 0 rings (SSSR count). The van der Waals surface area contributed by atoms with Crippen LogP contribution >= 0.6 is 23.2 Å². The van der Waals surface area contributed by atoms with Crippen LogP contribution in [-0.4, -0.2) is 64.7 Å². The molecule has 0 aromatic rings. The first-order valence-electron chi connectivity index (χ1n) is 4.39. The normalized spacial score (nSPS) is 14.3. The second-order valence-corrected chi connectivity index (χ2v) is 3.80. The van der Waals surface area contributed by atoms with Crippen molar-refractivity contribution in [3.8, 4) is 0 Å². The maximum atomic E-state index is 10.4. The van der Waals surface area contributed by atoms with Gasteiger partial charge in [-0.1, -0.05) is 0 Å². The van der Waals surface area contributed by atoms with Crippen LogP contribution in [0.15, 0.2) is 0 Å². The Morgan fingerprint density at radius 3 is 1.81 bits per heavy atom. The Bertz CT molecular complexity index is 187. The monoisotopic (exact) mass is 281 g/mol. The van der Waals surface area contributed by atoms with Crippen LogP contribution < -0.4 is 34.7 Å². The van der Waals surface area contributed by atoms with Gasteiger partial charge in [-0.25, -0.2) is 0 Å². The van der Waals surface area contributed by atoms with Gasteiger partial charge < -0.3 is 20.1 Å². The molecule has 0 aliphatic carbocycles. The number of carboxylic acids is 1. The van der Waals surface area contributed by atoms with Crippen LogP contribution in [0.1, 0.15) is 0 Å². The molecule has 8 heteroatoms. The Kier molecular flexibility index (Phi) is 13.3. The van der Waals surface area contributed by atoms with Crippen molar-refractivity contribution in [1.82, 2.24) is 4.90 Å². The van der Waals surface area contributed by atoms with Gasteiger partial charge in [0.05, 0.1) is 18.2 Å². The molecule has 16 heavy (non-hydrogen) atoms.